The van der Waals surface area contributed by atoms with Crippen molar-refractivity contribution in [3.05, 3.63) is 95.6 Å². The maximum absolute atomic E-state index is 14.6. The molecule has 3 aliphatic heterocycles. The van der Waals surface area contributed by atoms with Crippen molar-refractivity contribution in [3.8, 4) is 0 Å². The van der Waals surface area contributed by atoms with Crippen LogP contribution in [0, 0.1) is 31.6 Å². The number of nitrogens with zero attached hydrogens (tertiary/aromatic N) is 1. The summed E-state index contributed by atoms with van der Waals surface area (Å²) in [6.45, 7) is 5.65. The van der Waals surface area contributed by atoms with Crippen LogP contribution in [-0.2, 0) is 14.4 Å². The second kappa shape index (κ2) is 10.7. The molecular weight excluding hydrogens is 534 g/mol. The van der Waals surface area contributed by atoms with Gasteiger partial charge in [-0.15, -0.1) is 11.8 Å². The van der Waals surface area contributed by atoms with Crippen molar-refractivity contribution >= 4 is 40.9 Å². The Morgan fingerprint density at radius 3 is 2.22 bits per heavy atom. The van der Waals surface area contributed by atoms with Crippen molar-refractivity contribution in [2.45, 2.75) is 49.3 Å². The lowest BCUT2D eigenvalue weighted by atomic mass is 9.65. The van der Waals surface area contributed by atoms with Gasteiger partial charge in [0, 0.05) is 16.6 Å². The molecule has 3 aliphatic rings. The van der Waals surface area contributed by atoms with Crippen LogP contribution >= 0.6 is 11.8 Å². The first-order valence-electron chi connectivity index (χ1n) is 14.2. The molecule has 0 radical (unpaired) electrons. The van der Waals surface area contributed by atoms with E-state index in [1.54, 1.807) is 16.7 Å². The minimum absolute atomic E-state index is 0.0149. The zero-order valence-corrected chi connectivity index (χ0v) is 24.2. The fraction of sp³-hybridized carbons (Fsp3) is 0.364. The molecule has 0 saturated carbocycles. The summed E-state index contributed by atoms with van der Waals surface area (Å²) in [4.78, 5) is 44.5. The van der Waals surface area contributed by atoms with E-state index in [2.05, 4.69) is 17.6 Å². The summed E-state index contributed by atoms with van der Waals surface area (Å²) >= 11 is 1.62. The first-order chi connectivity index (χ1) is 19.8. The van der Waals surface area contributed by atoms with Gasteiger partial charge in [0.05, 0.1) is 29.2 Å². The highest BCUT2D eigenvalue weighted by Crippen LogP contribution is 2.69. The first-order valence-corrected chi connectivity index (χ1v) is 15.0. The fourth-order valence-corrected chi connectivity index (χ4v) is 9.78. The molecule has 1 spiro atoms. The number of rotatable bonds is 7. The van der Waals surface area contributed by atoms with Crippen molar-refractivity contribution in [2.24, 2.45) is 17.8 Å². The zero-order valence-electron chi connectivity index (χ0n) is 23.4. The van der Waals surface area contributed by atoms with Gasteiger partial charge in [-0.2, -0.15) is 0 Å². The van der Waals surface area contributed by atoms with Crippen LogP contribution in [0.2, 0.25) is 0 Å². The van der Waals surface area contributed by atoms with E-state index in [1.165, 1.54) is 0 Å². The molecule has 6 rings (SSSR count). The number of anilines is 2. The molecule has 3 saturated heterocycles. The number of para-hydroxylation sites is 2. The van der Waals surface area contributed by atoms with E-state index in [9.17, 15) is 19.5 Å². The molecule has 3 N–H and O–H groups in total. The van der Waals surface area contributed by atoms with Gasteiger partial charge in [-0.05, 0) is 55.0 Å². The molecule has 41 heavy (non-hydrogen) atoms. The summed E-state index contributed by atoms with van der Waals surface area (Å²) in [6, 6.07) is 22.9. The summed E-state index contributed by atoms with van der Waals surface area (Å²) in [5.74, 6) is -1.98. The van der Waals surface area contributed by atoms with Gasteiger partial charge in [-0.1, -0.05) is 73.7 Å². The standard InChI is InChI=1S/C33H35N3O4S/c1-19-11-10-12-20(2)28(19)35-31(39)29-33-21(3)17-25(41-33)26(30(38)34-23-15-8-5-9-16-23)27(33)32(40)36(29)24(18-37)22-13-6-4-7-14-22/h4-16,21,24-27,29,37H,17-18H2,1-3H3,(H,34,38)(H,35,39)/t21?,24-,25+,26-,27+,29?,33?/m1/s1. The minimum Gasteiger partial charge on any atom is -0.394 e. The van der Waals surface area contributed by atoms with E-state index in [1.807, 2.05) is 92.7 Å². The van der Waals surface area contributed by atoms with Gasteiger partial charge >= 0.3 is 0 Å². The molecule has 3 unspecified atom stereocenters. The number of hydrogen-bond acceptors (Lipinski definition) is 5. The molecule has 0 aliphatic carbocycles. The maximum Gasteiger partial charge on any atom is 0.248 e. The van der Waals surface area contributed by atoms with E-state index in [0.717, 1.165) is 28.8 Å². The lowest BCUT2D eigenvalue weighted by Gasteiger charge is -2.40. The number of fused-ring (bicyclic) bond motifs is 1. The summed E-state index contributed by atoms with van der Waals surface area (Å²) < 4.78 is -0.802. The smallest absolute Gasteiger partial charge is 0.248 e. The van der Waals surface area contributed by atoms with Crippen LogP contribution in [0.3, 0.4) is 0 Å². The number of aryl methyl sites for hydroxylation is 2. The summed E-state index contributed by atoms with van der Waals surface area (Å²) in [5, 5.41) is 16.8. The predicted octanol–water partition coefficient (Wildman–Crippen LogP) is 4.95. The van der Waals surface area contributed by atoms with Gasteiger partial charge in [0.25, 0.3) is 0 Å². The molecule has 3 aromatic rings. The number of carbonyl (C=O) groups excluding carboxylic acids is 3. The van der Waals surface area contributed by atoms with Crippen molar-refractivity contribution in [1.29, 1.82) is 0 Å². The van der Waals surface area contributed by atoms with Crippen LogP contribution in [0.4, 0.5) is 11.4 Å². The number of benzene rings is 3. The summed E-state index contributed by atoms with van der Waals surface area (Å²) in [7, 11) is 0. The molecule has 3 heterocycles. The largest absolute Gasteiger partial charge is 0.394 e. The highest BCUT2D eigenvalue weighted by Gasteiger charge is 2.76. The maximum atomic E-state index is 14.6. The number of aliphatic hydroxyl groups is 1. The number of thioether (sulfide) groups is 1. The predicted molar refractivity (Wildman–Crippen MR) is 161 cm³/mol. The lowest BCUT2D eigenvalue weighted by molar-refractivity contribution is -0.141. The Hall–Kier alpha value is -3.62. The van der Waals surface area contributed by atoms with E-state index < -0.39 is 28.7 Å². The molecule has 7 atom stereocenters. The van der Waals surface area contributed by atoms with E-state index in [-0.39, 0.29) is 35.5 Å². The molecule has 3 aromatic carbocycles. The first kappa shape index (κ1) is 27.5. The lowest BCUT2D eigenvalue weighted by Crippen LogP contribution is -2.55. The van der Waals surface area contributed by atoms with Gasteiger partial charge in [0.2, 0.25) is 17.7 Å². The number of hydrogen-bond donors (Lipinski definition) is 3. The Kier molecular flexibility index (Phi) is 7.16. The SMILES string of the molecule is Cc1cccc(C)c1NC(=O)C1N([C@H](CO)c2ccccc2)C(=O)[C@@H]2[C@H](C(=O)Nc3ccccc3)[C@@H]3CC(C)C12S3. The van der Waals surface area contributed by atoms with Crippen molar-refractivity contribution in [2.75, 3.05) is 17.2 Å². The van der Waals surface area contributed by atoms with Gasteiger partial charge in [-0.3, -0.25) is 14.4 Å². The van der Waals surface area contributed by atoms with Crippen molar-refractivity contribution in [3.63, 3.8) is 0 Å². The van der Waals surface area contributed by atoms with Gasteiger partial charge in [-0.25, -0.2) is 0 Å². The monoisotopic (exact) mass is 569 g/mol. The van der Waals surface area contributed by atoms with Crippen LogP contribution in [0.25, 0.3) is 0 Å². The molecule has 3 amide bonds. The summed E-state index contributed by atoms with van der Waals surface area (Å²) in [5.41, 5.74) is 4.02. The topological polar surface area (TPSA) is 98.7 Å². The second-order valence-electron chi connectivity index (χ2n) is 11.5. The Labute approximate surface area is 244 Å². The van der Waals surface area contributed by atoms with Crippen LogP contribution in [0.15, 0.2) is 78.9 Å². The Morgan fingerprint density at radius 1 is 0.951 bits per heavy atom. The average Bonchev–Trinajstić information content (AvgIpc) is 3.56. The third-order valence-electron chi connectivity index (χ3n) is 9.20. The minimum atomic E-state index is -0.865. The molecule has 212 valence electrons. The average molecular weight is 570 g/mol. The summed E-state index contributed by atoms with van der Waals surface area (Å²) in [6.07, 6.45) is 0.734. The van der Waals surface area contributed by atoms with Crippen LogP contribution < -0.4 is 10.6 Å². The molecule has 8 heteroatoms. The van der Waals surface area contributed by atoms with E-state index in [0.29, 0.717) is 5.69 Å². The van der Waals surface area contributed by atoms with E-state index in [4.69, 9.17) is 0 Å². The van der Waals surface area contributed by atoms with Gasteiger partial charge < -0.3 is 20.6 Å². The molecule has 7 nitrogen and oxygen atoms in total. The highest BCUT2D eigenvalue weighted by molar-refractivity contribution is 8.02. The van der Waals surface area contributed by atoms with Crippen LogP contribution in [-0.4, -0.2) is 50.4 Å². The fourth-order valence-electron chi connectivity index (χ4n) is 7.37. The van der Waals surface area contributed by atoms with E-state index >= 15 is 0 Å². The normalized spacial score (nSPS) is 28.8. The molecule has 3 fully saturated rings. The number of carbonyl (C=O) groups is 3. The molecular formula is C33H35N3O4S. The number of amides is 3. The van der Waals surface area contributed by atoms with Gasteiger partial charge in [0.1, 0.15) is 6.04 Å². The Morgan fingerprint density at radius 2 is 1.59 bits per heavy atom. The molecule has 2 bridgehead atoms. The van der Waals surface area contributed by atoms with Crippen LogP contribution in [0.5, 0.6) is 0 Å². The second-order valence-corrected chi connectivity index (χ2v) is 13.1. The number of nitrogens with one attached hydrogen (secondary N) is 2. The number of aliphatic hydroxyl groups excluding tert-OH is 1. The van der Waals surface area contributed by atoms with Crippen molar-refractivity contribution < 1.29 is 19.5 Å². The third-order valence-corrected chi connectivity index (χ3v) is 11.3. The number of likely N-dealkylation sites (tertiary alicyclic amines) is 1. The quantitative estimate of drug-likeness (QED) is 0.374. The molecule has 0 aromatic heterocycles. The highest BCUT2D eigenvalue weighted by atomic mass is 32.2. The zero-order chi connectivity index (χ0) is 28.9. The van der Waals surface area contributed by atoms with Crippen LogP contribution in [0.1, 0.15) is 36.1 Å². The Bertz CT molecular complexity index is 1460. The van der Waals surface area contributed by atoms with Gasteiger partial charge in [0.15, 0.2) is 0 Å². The van der Waals surface area contributed by atoms with Crippen molar-refractivity contribution in [1.82, 2.24) is 4.90 Å². The Balaban J connectivity index is 1.44. The third kappa shape index (κ3) is 4.35.